The number of aliphatic imine (C=N–C) groups is 1. The van der Waals surface area contributed by atoms with Crippen molar-refractivity contribution >= 4 is 22.6 Å². The molecule has 1 aromatic rings. The first-order chi connectivity index (χ1) is 10.5. The van der Waals surface area contributed by atoms with Gasteiger partial charge in [0.25, 0.3) is 5.60 Å². The number of benzene rings is 1. The van der Waals surface area contributed by atoms with Crippen LogP contribution in [0, 0.1) is 11.5 Å². The molecule has 0 amide bonds. The van der Waals surface area contributed by atoms with Crippen LogP contribution in [-0.2, 0) is 5.60 Å². The van der Waals surface area contributed by atoms with Crippen molar-refractivity contribution in [3.8, 4) is 6.19 Å². The van der Waals surface area contributed by atoms with Gasteiger partial charge >= 0.3 is 12.4 Å². The third-order valence-corrected chi connectivity index (χ3v) is 3.25. The van der Waals surface area contributed by atoms with Gasteiger partial charge in [0.15, 0.2) is 11.4 Å². The molecule has 0 fully saturated rings. The number of amidine groups is 1. The summed E-state index contributed by atoms with van der Waals surface area (Å²) < 4.78 is 76.8. The largest absolute Gasteiger partial charge is 0.430 e. The van der Waals surface area contributed by atoms with Crippen LogP contribution >= 0.6 is 11.8 Å². The number of aliphatic hydroxyl groups is 1. The van der Waals surface area contributed by atoms with E-state index in [1.807, 2.05) is 0 Å². The van der Waals surface area contributed by atoms with E-state index in [1.54, 1.807) is 0 Å². The van der Waals surface area contributed by atoms with Crippen LogP contribution in [-0.4, -0.2) is 28.9 Å². The summed E-state index contributed by atoms with van der Waals surface area (Å²) in [5.41, 5.74) is -6.73. The van der Waals surface area contributed by atoms with E-state index in [4.69, 9.17) is 5.26 Å². The number of halogens is 6. The Morgan fingerprint density at radius 2 is 1.78 bits per heavy atom. The van der Waals surface area contributed by atoms with Gasteiger partial charge < -0.3 is 5.11 Å². The van der Waals surface area contributed by atoms with Crippen LogP contribution < -0.4 is 5.32 Å². The normalized spacial score (nSPS) is 13.6. The number of hydrogen-bond donors (Lipinski definition) is 2. The maximum atomic E-state index is 12.8. The molecule has 0 bridgehead atoms. The lowest BCUT2D eigenvalue weighted by Crippen LogP contribution is -2.53. The summed E-state index contributed by atoms with van der Waals surface area (Å²) in [5.74, 6) is 0. The molecule has 0 saturated heterocycles. The van der Waals surface area contributed by atoms with Crippen LogP contribution in [0.2, 0.25) is 0 Å². The lowest BCUT2D eigenvalue weighted by molar-refractivity contribution is -0.376. The van der Waals surface area contributed by atoms with Crippen molar-refractivity contribution in [3.05, 3.63) is 29.8 Å². The van der Waals surface area contributed by atoms with Crippen molar-refractivity contribution in [2.75, 3.05) is 6.26 Å². The zero-order valence-corrected chi connectivity index (χ0v) is 12.1. The zero-order valence-electron chi connectivity index (χ0n) is 11.3. The van der Waals surface area contributed by atoms with Gasteiger partial charge in [-0.05, 0) is 18.4 Å². The molecule has 0 aromatic heterocycles. The molecule has 0 heterocycles. The van der Waals surface area contributed by atoms with E-state index in [1.165, 1.54) is 12.4 Å². The summed E-state index contributed by atoms with van der Waals surface area (Å²) in [5, 5.41) is 19.8. The highest BCUT2D eigenvalue weighted by atomic mass is 32.2. The van der Waals surface area contributed by atoms with Gasteiger partial charge in [-0.15, -0.1) is 0 Å². The molecule has 126 valence electrons. The Morgan fingerprint density at radius 3 is 2.22 bits per heavy atom. The van der Waals surface area contributed by atoms with Crippen molar-refractivity contribution in [1.29, 1.82) is 5.26 Å². The number of hydrogen-bond acceptors (Lipinski definition) is 4. The molecule has 0 aliphatic carbocycles. The third-order valence-electron chi connectivity index (χ3n) is 2.67. The van der Waals surface area contributed by atoms with Gasteiger partial charge in [0, 0.05) is 5.56 Å². The van der Waals surface area contributed by atoms with E-state index >= 15 is 0 Å². The Labute approximate surface area is 130 Å². The summed E-state index contributed by atoms with van der Waals surface area (Å²) in [6.45, 7) is 0. The summed E-state index contributed by atoms with van der Waals surface area (Å²) in [7, 11) is 0. The lowest BCUT2D eigenvalue weighted by Gasteiger charge is -2.32. The second-order valence-electron chi connectivity index (χ2n) is 4.11. The Balaban J connectivity index is 3.44. The fraction of sp³-hybridized carbons (Fsp3) is 0.333. The number of nitrogens with zero attached hydrogens (tertiary/aromatic N) is 2. The average molecular weight is 357 g/mol. The molecule has 1 rings (SSSR count). The topological polar surface area (TPSA) is 68.4 Å². The second kappa shape index (κ2) is 6.67. The highest BCUT2D eigenvalue weighted by molar-refractivity contribution is 8.13. The molecular weight excluding hydrogens is 348 g/mol. The Bertz CT molecular complexity index is 621. The Kier molecular flexibility index (Phi) is 5.55. The van der Waals surface area contributed by atoms with Gasteiger partial charge in [0.2, 0.25) is 0 Å². The first-order valence-electron chi connectivity index (χ1n) is 5.71. The number of nitriles is 1. The van der Waals surface area contributed by atoms with E-state index in [0.717, 1.165) is 23.9 Å². The molecule has 0 radical (unpaired) electrons. The lowest BCUT2D eigenvalue weighted by atomic mass is 9.92. The van der Waals surface area contributed by atoms with E-state index in [-0.39, 0.29) is 10.9 Å². The highest BCUT2D eigenvalue weighted by Gasteiger charge is 2.71. The minimum atomic E-state index is -5.97. The van der Waals surface area contributed by atoms with Crippen LogP contribution in [0.1, 0.15) is 5.56 Å². The average Bonchev–Trinajstić information content (AvgIpc) is 2.43. The second-order valence-corrected chi connectivity index (χ2v) is 4.91. The summed E-state index contributed by atoms with van der Waals surface area (Å²) in [6, 6.07) is 2.97. The van der Waals surface area contributed by atoms with Crippen LogP contribution in [0.4, 0.5) is 32.0 Å². The highest BCUT2D eigenvalue weighted by Crippen LogP contribution is 2.50. The zero-order chi connectivity index (χ0) is 17.9. The van der Waals surface area contributed by atoms with Gasteiger partial charge in [0.05, 0.1) is 5.69 Å². The number of rotatable bonds is 2. The van der Waals surface area contributed by atoms with Crippen molar-refractivity contribution in [2.45, 2.75) is 18.0 Å². The molecule has 0 aliphatic heterocycles. The van der Waals surface area contributed by atoms with Gasteiger partial charge in [0.1, 0.15) is 0 Å². The number of nitrogens with one attached hydrogen (secondary N) is 1. The molecule has 0 atom stereocenters. The quantitative estimate of drug-likeness (QED) is 0.280. The molecule has 0 saturated carbocycles. The van der Waals surface area contributed by atoms with Crippen molar-refractivity contribution in [3.63, 3.8) is 0 Å². The number of thioether (sulfide) groups is 1. The van der Waals surface area contributed by atoms with E-state index in [0.29, 0.717) is 12.1 Å². The van der Waals surface area contributed by atoms with Crippen LogP contribution in [0.3, 0.4) is 0 Å². The maximum Gasteiger partial charge on any atom is 0.430 e. The first-order valence-corrected chi connectivity index (χ1v) is 6.94. The summed E-state index contributed by atoms with van der Waals surface area (Å²) in [4.78, 5) is 3.71. The van der Waals surface area contributed by atoms with E-state index < -0.39 is 23.5 Å². The molecule has 1 aromatic carbocycles. The van der Waals surface area contributed by atoms with Crippen molar-refractivity contribution < 1.29 is 31.4 Å². The van der Waals surface area contributed by atoms with E-state index in [2.05, 4.69) is 10.3 Å². The van der Waals surface area contributed by atoms with Crippen LogP contribution in [0.5, 0.6) is 0 Å². The van der Waals surface area contributed by atoms with Crippen LogP contribution in [0.25, 0.3) is 0 Å². The van der Waals surface area contributed by atoms with Gasteiger partial charge in [-0.1, -0.05) is 23.9 Å². The SMILES string of the molecule is CSC(=Nc1cccc(C(O)(C(F)(F)F)C(F)(F)F)c1)NC#N. The molecule has 2 N–H and O–H groups in total. The smallest absolute Gasteiger partial charge is 0.369 e. The van der Waals surface area contributed by atoms with Gasteiger partial charge in [-0.3, -0.25) is 5.32 Å². The van der Waals surface area contributed by atoms with Gasteiger partial charge in [-0.25, -0.2) is 4.99 Å². The predicted molar refractivity (Wildman–Crippen MR) is 71.8 cm³/mol. The monoisotopic (exact) mass is 357 g/mol. The Hall–Kier alpha value is -1.93. The standard InChI is InChI=1S/C12H9F6N3OS/c1-23-9(20-6-19)21-8-4-2-3-7(5-8)10(22,11(13,14)15)12(16,17)18/h2-5,22H,1H3,(H,20,21). The van der Waals surface area contributed by atoms with Gasteiger partial charge in [-0.2, -0.15) is 31.6 Å². The fourth-order valence-corrected chi connectivity index (χ4v) is 1.92. The fourth-order valence-electron chi connectivity index (χ4n) is 1.58. The van der Waals surface area contributed by atoms with Crippen molar-refractivity contribution in [2.24, 2.45) is 4.99 Å². The minimum absolute atomic E-state index is 0.0350. The molecule has 0 aliphatic rings. The minimum Gasteiger partial charge on any atom is -0.369 e. The van der Waals surface area contributed by atoms with Crippen molar-refractivity contribution in [1.82, 2.24) is 5.32 Å². The molecule has 0 spiro atoms. The summed E-state index contributed by atoms with van der Waals surface area (Å²) >= 11 is 0.923. The summed E-state index contributed by atoms with van der Waals surface area (Å²) in [6.07, 6.45) is -8.93. The molecule has 0 unspecified atom stereocenters. The molecule has 11 heteroatoms. The van der Waals surface area contributed by atoms with Crippen LogP contribution in [0.15, 0.2) is 29.3 Å². The Morgan fingerprint density at radius 1 is 1.22 bits per heavy atom. The molecule has 23 heavy (non-hydrogen) atoms. The number of alkyl halides is 6. The first kappa shape index (κ1) is 19.1. The predicted octanol–water partition coefficient (Wildman–Crippen LogP) is 3.42. The van der Waals surface area contributed by atoms with E-state index in [9.17, 15) is 31.4 Å². The molecule has 4 nitrogen and oxygen atoms in total. The molecular formula is C12H9F6N3OS. The third kappa shape index (κ3) is 3.89. The maximum absolute atomic E-state index is 12.8.